The smallest absolute Gasteiger partial charge is 0.407 e. The van der Waals surface area contributed by atoms with Gasteiger partial charge in [-0.2, -0.15) is 0 Å². The maximum atomic E-state index is 14.3. The Morgan fingerprint density at radius 3 is 1.63 bits per heavy atom. The molecular weight excluding hydrogens is 894 g/mol. The lowest BCUT2D eigenvalue weighted by molar-refractivity contribution is -0.139. The van der Waals surface area contributed by atoms with Gasteiger partial charge in [-0.25, -0.2) is 32.1 Å². The first-order chi connectivity index (χ1) is 32.1. The standard InChI is InChI=1S/C49H54ClF4N7O6/c1-66-46(64)57-40(29-11-15-48(51,52)16-12-29)44(62)60-35-20-31(35)22-37(60)34-19-33(24-55-34)27-5-3-25(4-6-27)26-7-9-28(10-8-26)39-42(50)59-43(56-39)38-23-32-21-36(32)61(38)45(63)41(58-47(65)67-2)30-13-17-49(53,54)18-14-30/h3-10,24,29-32,35-38,40-41H,11-23H2,1-2H3,(H,56,59)(H,57,64)(H,58,65)/t31-,32-,35-,36-,37+,38+,40+,41+/m1/s1. The zero-order valence-corrected chi connectivity index (χ0v) is 38.0. The van der Waals surface area contributed by atoms with Crippen molar-refractivity contribution in [3.63, 3.8) is 0 Å². The summed E-state index contributed by atoms with van der Waals surface area (Å²) in [6.07, 6.45) is 3.15. The van der Waals surface area contributed by atoms with Gasteiger partial charge in [-0.3, -0.25) is 14.6 Å². The van der Waals surface area contributed by atoms with Crippen LogP contribution in [-0.2, 0) is 19.1 Å². The molecule has 8 atom stereocenters. The molecule has 1 aromatic heterocycles. The van der Waals surface area contributed by atoms with Gasteiger partial charge >= 0.3 is 12.2 Å². The van der Waals surface area contributed by atoms with Crippen LogP contribution in [0.2, 0.25) is 5.15 Å². The zero-order valence-electron chi connectivity index (χ0n) is 37.3. The number of aliphatic imine (C=N–C) groups is 1. The fourth-order valence-corrected chi connectivity index (χ4v) is 11.8. The summed E-state index contributed by atoms with van der Waals surface area (Å²) in [5.74, 6) is -5.87. The summed E-state index contributed by atoms with van der Waals surface area (Å²) >= 11 is 6.79. The van der Waals surface area contributed by atoms with Crippen LogP contribution in [0.4, 0.5) is 27.2 Å². The summed E-state index contributed by atoms with van der Waals surface area (Å²) in [5, 5.41) is 5.68. The average molecular weight is 948 g/mol. The number of methoxy groups -OCH3 is 2. The number of ether oxygens (including phenoxy) is 2. The summed E-state index contributed by atoms with van der Waals surface area (Å²) in [6.45, 7) is 0. The van der Waals surface area contributed by atoms with Crippen LogP contribution in [0.25, 0.3) is 28.0 Å². The molecule has 3 N–H and O–H groups in total. The van der Waals surface area contributed by atoms with Crippen LogP contribution in [0, 0.1) is 23.7 Å². The van der Waals surface area contributed by atoms with Gasteiger partial charge in [-0.15, -0.1) is 0 Å². The largest absolute Gasteiger partial charge is 0.453 e. The number of amides is 4. The molecule has 0 radical (unpaired) electrons. The second-order valence-electron chi connectivity index (χ2n) is 19.6. The normalized spacial score (nSPS) is 28.1. The van der Waals surface area contributed by atoms with E-state index in [0.29, 0.717) is 35.4 Å². The number of hydrogen-bond donors (Lipinski definition) is 3. The molecule has 0 unspecified atom stereocenters. The topological polar surface area (TPSA) is 158 Å². The summed E-state index contributed by atoms with van der Waals surface area (Å²) in [5.41, 5.74) is 6.14. The lowest BCUT2D eigenvalue weighted by Crippen LogP contribution is -2.56. The fraction of sp³-hybridized carbons (Fsp3) is 0.551. The van der Waals surface area contributed by atoms with Crippen molar-refractivity contribution in [3.8, 4) is 22.4 Å². The number of nitrogens with one attached hydrogen (secondary N) is 3. The zero-order chi connectivity index (χ0) is 46.9. The van der Waals surface area contributed by atoms with E-state index >= 15 is 0 Å². The minimum absolute atomic E-state index is 0.0352. The Morgan fingerprint density at radius 2 is 1.13 bits per heavy atom. The van der Waals surface area contributed by atoms with Crippen molar-refractivity contribution in [3.05, 3.63) is 71.3 Å². The van der Waals surface area contributed by atoms with Gasteiger partial charge in [0.15, 0.2) is 0 Å². The summed E-state index contributed by atoms with van der Waals surface area (Å²) in [7, 11) is 2.43. The van der Waals surface area contributed by atoms with Crippen LogP contribution in [0.5, 0.6) is 0 Å². The van der Waals surface area contributed by atoms with Crippen molar-refractivity contribution in [2.75, 3.05) is 14.2 Å². The van der Waals surface area contributed by atoms with Crippen molar-refractivity contribution in [1.82, 2.24) is 30.4 Å². The number of H-pyrrole nitrogens is 1. The number of carbonyl (C=O) groups excluding carboxylic acids is 4. The van der Waals surface area contributed by atoms with Gasteiger partial charge in [0, 0.05) is 61.7 Å². The number of rotatable bonds is 11. The number of piperidine rings is 2. The maximum Gasteiger partial charge on any atom is 0.407 e. The van der Waals surface area contributed by atoms with E-state index < -0.39 is 54.0 Å². The number of nitrogens with zero attached hydrogens (tertiary/aromatic N) is 4. The highest BCUT2D eigenvalue weighted by molar-refractivity contribution is 6.32. The number of aromatic nitrogens is 2. The van der Waals surface area contributed by atoms with Gasteiger partial charge < -0.3 is 34.9 Å². The molecule has 18 heteroatoms. The first-order valence-electron chi connectivity index (χ1n) is 23.4. The molecule has 13 nitrogen and oxygen atoms in total. The minimum atomic E-state index is -2.79. The molecule has 10 rings (SSSR count). The van der Waals surface area contributed by atoms with Crippen LogP contribution in [-0.4, -0.2) is 106 Å². The lowest BCUT2D eigenvalue weighted by atomic mass is 9.81. The van der Waals surface area contributed by atoms with Crippen LogP contribution < -0.4 is 10.6 Å². The third-order valence-electron chi connectivity index (χ3n) is 15.5. The molecule has 4 amide bonds. The van der Waals surface area contributed by atoms with Crippen LogP contribution in [0.1, 0.15) is 101 Å². The summed E-state index contributed by atoms with van der Waals surface area (Å²) in [6, 6.07) is 13.4. The molecule has 3 aromatic rings. The second-order valence-corrected chi connectivity index (χ2v) is 20.0. The molecule has 67 heavy (non-hydrogen) atoms. The number of allylic oxidation sites excluding steroid dienone is 1. The van der Waals surface area contributed by atoms with Gasteiger partial charge in [0.2, 0.25) is 23.7 Å². The van der Waals surface area contributed by atoms with Gasteiger partial charge in [0.1, 0.15) is 28.8 Å². The molecule has 2 saturated heterocycles. The van der Waals surface area contributed by atoms with Crippen molar-refractivity contribution in [1.29, 1.82) is 0 Å². The monoisotopic (exact) mass is 947 g/mol. The Kier molecular flexibility index (Phi) is 11.9. The van der Waals surface area contributed by atoms with E-state index in [0.717, 1.165) is 52.8 Å². The molecule has 6 fully saturated rings. The van der Waals surface area contributed by atoms with Crippen LogP contribution in [0.15, 0.2) is 59.7 Å². The first kappa shape index (κ1) is 45.3. The van der Waals surface area contributed by atoms with E-state index in [4.69, 9.17) is 31.1 Å². The Morgan fingerprint density at radius 1 is 0.687 bits per heavy atom. The van der Waals surface area contributed by atoms with Crippen molar-refractivity contribution >= 4 is 46.9 Å². The minimum Gasteiger partial charge on any atom is -0.453 e. The van der Waals surface area contributed by atoms with E-state index in [1.54, 1.807) is 4.90 Å². The molecule has 7 aliphatic rings. The Labute approximate surface area is 390 Å². The molecule has 4 heterocycles. The number of imidazole rings is 1. The highest BCUT2D eigenvalue weighted by Gasteiger charge is 2.58. The number of hydrogen-bond acceptors (Lipinski definition) is 8. The molecule has 4 aliphatic carbocycles. The number of alkyl carbamates (subject to hydrolysis) is 2. The quantitative estimate of drug-likeness (QED) is 0.162. The summed E-state index contributed by atoms with van der Waals surface area (Å²) < 4.78 is 66.0. The van der Waals surface area contributed by atoms with Crippen molar-refractivity contribution in [2.45, 2.75) is 132 Å². The highest BCUT2D eigenvalue weighted by Crippen LogP contribution is 2.54. The number of aromatic amines is 1. The Bertz CT molecular complexity index is 2480. The Hall–Kier alpha value is -5.45. The van der Waals surface area contributed by atoms with Crippen molar-refractivity contribution in [2.24, 2.45) is 28.7 Å². The van der Waals surface area contributed by atoms with E-state index in [1.165, 1.54) is 14.2 Å². The highest BCUT2D eigenvalue weighted by atomic mass is 35.5. The molecule has 0 bridgehead atoms. The first-order valence-corrected chi connectivity index (χ1v) is 23.8. The van der Waals surface area contributed by atoms with E-state index in [-0.39, 0.29) is 87.2 Å². The number of benzene rings is 2. The predicted molar refractivity (Wildman–Crippen MR) is 240 cm³/mol. The lowest BCUT2D eigenvalue weighted by Gasteiger charge is -2.37. The number of fused-ring (bicyclic) bond motifs is 2. The molecule has 356 valence electrons. The van der Waals surface area contributed by atoms with Crippen LogP contribution in [0.3, 0.4) is 0 Å². The van der Waals surface area contributed by atoms with Gasteiger partial charge in [0.25, 0.3) is 0 Å². The number of alkyl halides is 4. The van der Waals surface area contributed by atoms with Gasteiger partial charge in [-0.1, -0.05) is 60.1 Å². The predicted octanol–water partition coefficient (Wildman–Crippen LogP) is 9.33. The number of carbonyl (C=O) groups is 4. The Balaban J connectivity index is 0.789. The molecular formula is C49H54ClF4N7O6. The number of halogens is 5. The van der Waals surface area contributed by atoms with Gasteiger partial charge in [0.05, 0.1) is 26.3 Å². The third-order valence-corrected chi connectivity index (χ3v) is 15.8. The van der Waals surface area contributed by atoms with Crippen LogP contribution >= 0.6 is 11.6 Å². The van der Waals surface area contributed by atoms with E-state index in [9.17, 15) is 36.7 Å². The summed E-state index contributed by atoms with van der Waals surface area (Å²) in [4.78, 5) is 69.9. The third kappa shape index (κ3) is 9.04. The average Bonchev–Trinajstić information content (AvgIpc) is 3.97. The molecule has 4 saturated carbocycles. The fourth-order valence-electron chi connectivity index (χ4n) is 11.6. The molecule has 2 aromatic carbocycles. The van der Waals surface area contributed by atoms with Crippen molar-refractivity contribution < 1.29 is 46.2 Å². The van der Waals surface area contributed by atoms with Gasteiger partial charge in [-0.05, 0) is 97.3 Å². The van der Waals surface area contributed by atoms with E-state index in [2.05, 4.69) is 15.6 Å². The number of likely N-dealkylation sites (tertiary alicyclic amines) is 2. The molecule has 3 aliphatic heterocycles. The SMILES string of the molecule is COC(=O)N[C@H](C(=O)N1[C@@H]2C[C@@H]2C[C@H]1C1=NC=C(c2ccc(-c3ccc(-c4nc([C@@H]5C[C@H]6C[C@H]6N5C(=O)[C@@H](NC(=O)OC)C5CCC(F)(F)CC5)[nH]c4Cl)cc3)cc2)C1)C1CCC(F)(F)CC1. The maximum absolute atomic E-state index is 14.3. The van der Waals surface area contributed by atoms with E-state index in [1.807, 2.05) is 59.6 Å². The second kappa shape index (κ2) is 17.6. The molecule has 0 spiro atoms.